The molecule has 0 saturated heterocycles. The molecule has 2 rings (SSSR count). The van der Waals surface area contributed by atoms with Crippen molar-refractivity contribution in [1.29, 1.82) is 0 Å². The molecule has 6 nitrogen and oxygen atoms in total. The molecule has 0 bridgehead atoms. The van der Waals surface area contributed by atoms with Gasteiger partial charge in [0.25, 0.3) is 0 Å². The monoisotopic (exact) mass is 346 g/mol. The number of hydrogen-bond donors (Lipinski definition) is 1. The average molecular weight is 346 g/mol. The lowest BCUT2D eigenvalue weighted by Crippen LogP contribution is -2.27. The number of nitrogens with zero attached hydrogens (tertiary/aromatic N) is 3. The fraction of sp³-hybridized carbons (Fsp3) is 0.632. The van der Waals surface area contributed by atoms with Crippen molar-refractivity contribution in [2.45, 2.75) is 79.2 Å². The zero-order valence-electron chi connectivity index (χ0n) is 16.6. The van der Waals surface area contributed by atoms with Gasteiger partial charge in [0.15, 0.2) is 0 Å². The molecule has 6 heteroatoms. The first-order chi connectivity index (χ1) is 11.4. The summed E-state index contributed by atoms with van der Waals surface area (Å²) in [5, 5.41) is 11.7. The van der Waals surface area contributed by atoms with E-state index in [1.165, 1.54) is 0 Å². The van der Waals surface area contributed by atoms with E-state index in [1.54, 1.807) is 0 Å². The van der Waals surface area contributed by atoms with Gasteiger partial charge in [-0.1, -0.05) is 25.9 Å². The minimum Gasteiger partial charge on any atom is -0.361 e. The lowest BCUT2D eigenvalue weighted by molar-refractivity contribution is -0.116. The summed E-state index contributed by atoms with van der Waals surface area (Å²) in [6.07, 6.45) is 0.992. The highest BCUT2D eigenvalue weighted by atomic mass is 16.5. The molecule has 0 aliphatic carbocycles. The maximum atomic E-state index is 12.5. The van der Waals surface area contributed by atoms with E-state index in [0.29, 0.717) is 12.8 Å². The van der Waals surface area contributed by atoms with Crippen LogP contribution >= 0.6 is 0 Å². The van der Waals surface area contributed by atoms with E-state index in [2.05, 4.69) is 52.0 Å². The lowest BCUT2D eigenvalue weighted by atomic mass is 9.92. The van der Waals surface area contributed by atoms with Gasteiger partial charge in [0.1, 0.15) is 11.6 Å². The largest absolute Gasteiger partial charge is 0.361 e. The summed E-state index contributed by atoms with van der Waals surface area (Å²) in [5.74, 6) is 1.48. The molecule has 0 unspecified atom stereocenters. The van der Waals surface area contributed by atoms with E-state index in [9.17, 15) is 4.79 Å². The summed E-state index contributed by atoms with van der Waals surface area (Å²) in [6.45, 7) is 16.3. The molecule has 0 aliphatic rings. The van der Waals surface area contributed by atoms with E-state index in [4.69, 9.17) is 9.62 Å². The van der Waals surface area contributed by atoms with E-state index < -0.39 is 0 Å². The van der Waals surface area contributed by atoms with Crippen LogP contribution < -0.4 is 5.32 Å². The molecule has 0 fully saturated rings. The Morgan fingerprint density at radius 1 is 1.20 bits per heavy atom. The molecule has 0 spiro atoms. The van der Waals surface area contributed by atoms with E-state index in [1.807, 2.05) is 24.6 Å². The first-order valence-electron chi connectivity index (χ1n) is 8.72. The molecular weight excluding hydrogens is 316 g/mol. The van der Waals surface area contributed by atoms with Gasteiger partial charge in [0, 0.05) is 23.5 Å². The van der Waals surface area contributed by atoms with Crippen LogP contribution in [0.1, 0.15) is 70.7 Å². The van der Waals surface area contributed by atoms with Crippen LogP contribution in [-0.4, -0.2) is 20.8 Å². The van der Waals surface area contributed by atoms with Gasteiger partial charge < -0.3 is 9.84 Å². The van der Waals surface area contributed by atoms with Crippen molar-refractivity contribution < 1.29 is 9.32 Å². The van der Waals surface area contributed by atoms with E-state index in [-0.39, 0.29) is 16.9 Å². The molecule has 1 amide bonds. The van der Waals surface area contributed by atoms with Gasteiger partial charge in [0.05, 0.1) is 16.9 Å². The summed E-state index contributed by atoms with van der Waals surface area (Å²) >= 11 is 0. The molecule has 0 radical (unpaired) electrons. The maximum absolute atomic E-state index is 12.5. The van der Waals surface area contributed by atoms with Crippen LogP contribution in [0.3, 0.4) is 0 Å². The zero-order valence-corrected chi connectivity index (χ0v) is 16.6. The molecule has 2 heterocycles. The first-order valence-corrected chi connectivity index (χ1v) is 8.72. The van der Waals surface area contributed by atoms with Crippen LogP contribution in [0.15, 0.2) is 10.6 Å². The van der Waals surface area contributed by atoms with Gasteiger partial charge >= 0.3 is 0 Å². The molecule has 1 N–H and O–H groups in total. The Labute approximate surface area is 150 Å². The predicted molar refractivity (Wildman–Crippen MR) is 98.9 cm³/mol. The summed E-state index contributed by atoms with van der Waals surface area (Å²) in [6, 6.07) is 1.97. The average Bonchev–Trinajstić information content (AvgIpc) is 3.01. The van der Waals surface area contributed by atoms with Gasteiger partial charge in [-0.05, 0) is 41.0 Å². The summed E-state index contributed by atoms with van der Waals surface area (Å²) < 4.78 is 7.04. The molecule has 0 atom stereocenters. The van der Waals surface area contributed by atoms with Crippen molar-refractivity contribution in [3.05, 3.63) is 28.8 Å². The summed E-state index contributed by atoms with van der Waals surface area (Å²) in [7, 11) is 0. The van der Waals surface area contributed by atoms with Crippen LogP contribution in [0.25, 0.3) is 0 Å². The van der Waals surface area contributed by atoms with Crippen molar-refractivity contribution in [3.8, 4) is 0 Å². The number of rotatable bonds is 4. The Morgan fingerprint density at radius 3 is 2.32 bits per heavy atom. The Bertz CT molecular complexity index is 738. The van der Waals surface area contributed by atoms with Crippen molar-refractivity contribution in [3.63, 3.8) is 0 Å². The normalized spacial score (nSPS) is 12.5. The van der Waals surface area contributed by atoms with Gasteiger partial charge in [-0.3, -0.25) is 4.79 Å². The maximum Gasteiger partial charge on any atom is 0.225 e. The van der Waals surface area contributed by atoms with E-state index in [0.717, 1.165) is 28.5 Å². The second kappa shape index (κ2) is 6.65. The minimum atomic E-state index is -0.215. The van der Waals surface area contributed by atoms with Crippen LogP contribution in [-0.2, 0) is 22.2 Å². The molecule has 0 aliphatic heterocycles. The fourth-order valence-corrected chi connectivity index (χ4v) is 2.65. The van der Waals surface area contributed by atoms with Gasteiger partial charge in [0.2, 0.25) is 5.91 Å². The third-order valence-electron chi connectivity index (χ3n) is 4.16. The summed E-state index contributed by atoms with van der Waals surface area (Å²) in [5.41, 5.74) is 2.53. The molecular formula is C19H30N4O2. The summed E-state index contributed by atoms with van der Waals surface area (Å²) in [4.78, 5) is 12.5. The van der Waals surface area contributed by atoms with Crippen molar-refractivity contribution >= 4 is 11.7 Å². The van der Waals surface area contributed by atoms with Gasteiger partial charge in [-0.25, -0.2) is 4.68 Å². The SMILES string of the molecule is Cc1noc(C)c1CCC(=O)Nc1cc(C(C)(C)C)nn1C(C)(C)C. The standard InChI is InChI=1S/C19H30N4O2/c1-12-14(13(2)25-22-12)9-10-17(24)20-16-11-15(18(3,4)5)21-23(16)19(6,7)8/h11H,9-10H2,1-8H3,(H,20,24). The van der Waals surface area contributed by atoms with Crippen LogP contribution in [0, 0.1) is 13.8 Å². The highest BCUT2D eigenvalue weighted by molar-refractivity contribution is 5.90. The van der Waals surface area contributed by atoms with Crippen LogP contribution in [0.2, 0.25) is 0 Å². The molecule has 0 saturated carbocycles. The van der Waals surface area contributed by atoms with Gasteiger partial charge in [-0.15, -0.1) is 0 Å². The topological polar surface area (TPSA) is 73.0 Å². The van der Waals surface area contributed by atoms with Gasteiger partial charge in [-0.2, -0.15) is 5.10 Å². The number of carbonyl (C=O) groups is 1. The number of aromatic nitrogens is 3. The highest BCUT2D eigenvalue weighted by Crippen LogP contribution is 2.28. The van der Waals surface area contributed by atoms with Crippen molar-refractivity contribution in [2.75, 3.05) is 5.32 Å². The third kappa shape index (κ3) is 4.50. The number of anilines is 1. The first kappa shape index (κ1) is 19.2. The zero-order chi connectivity index (χ0) is 19.0. The predicted octanol–water partition coefficient (Wildman–Crippen LogP) is 4.11. The highest BCUT2D eigenvalue weighted by Gasteiger charge is 2.25. The second-order valence-electron chi connectivity index (χ2n) is 8.60. The number of hydrogen-bond acceptors (Lipinski definition) is 4. The Balaban J connectivity index is 2.16. The molecule has 25 heavy (non-hydrogen) atoms. The second-order valence-corrected chi connectivity index (χ2v) is 8.60. The Morgan fingerprint density at radius 2 is 1.84 bits per heavy atom. The number of carbonyl (C=O) groups excluding carboxylic acids is 1. The van der Waals surface area contributed by atoms with Crippen molar-refractivity contribution in [2.24, 2.45) is 0 Å². The smallest absolute Gasteiger partial charge is 0.225 e. The van der Waals surface area contributed by atoms with Crippen molar-refractivity contribution in [1.82, 2.24) is 14.9 Å². The number of amides is 1. The quantitative estimate of drug-likeness (QED) is 0.904. The lowest BCUT2D eigenvalue weighted by Gasteiger charge is -2.23. The van der Waals surface area contributed by atoms with Crippen LogP contribution in [0.5, 0.6) is 0 Å². The Hall–Kier alpha value is -2.11. The fourth-order valence-electron chi connectivity index (χ4n) is 2.65. The molecule has 2 aromatic heterocycles. The minimum absolute atomic E-state index is 0.0362. The van der Waals surface area contributed by atoms with Crippen LogP contribution in [0.4, 0.5) is 5.82 Å². The number of aryl methyl sites for hydroxylation is 2. The number of nitrogens with one attached hydrogen (secondary N) is 1. The van der Waals surface area contributed by atoms with E-state index >= 15 is 0 Å². The molecule has 138 valence electrons. The molecule has 2 aromatic rings. The molecule has 0 aromatic carbocycles. The third-order valence-corrected chi connectivity index (χ3v) is 4.16. The Kier molecular flexibility index (Phi) is 5.11.